The molecule has 0 aliphatic heterocycles. The highest BCUT2D eigenvalue weighted by Gasteiger charge is 2.01. The van der Waals surface area contributed by atoms with Crippen LogP contribution in [0.5, 0.6) is 0 Å². The quantitative estimate of drug-likeness (QED) is 0.768. The van der Waals surface area contributed by atoms with Crippen LogP contribution in [0.3, 0.4) is 0 Å². The minimum atomic E-state index is 0.924. The predicted molar refractivity (Wildman–Crippen MR) is 58.5 cm³/mol. The van der Waals surface area contributed by atoms with Crippen molar-refractivity contribution >= 4 is 11.3 Å². The first-order valence-electron chi connectivity index (χ1n) is 4.70. The van der Waals surface area contributed by atoms with Gasteiger partial charge in [0.25, 0.3) is 0 Å². The van der Waals surface area contributed by atoms with Crippen molar-refractivity contribution in [2.45, 2.75) is 19.8 Å². The lowest BCUT2D eigenvalue weighted by molar-refractivity contribution is 1.02. The van der Waals surface area contributed by atoms with Crippen LogP contribution in [0, 0.1) is 0 Å². The molecular weight excluding hydrogens is 192 g/mol. The van der Waals surface area contributed by atoms with E-state index in [9.17, 15) is 0 Å². The van der Waals surface area contributed by atoms with Gasteiger partial charge in [-0.05, 0) is 24.1 Å². The van der Waals surface area contributed by atoms with E-state index in [0.29, 0.717) is 0 Å². The van der Waals surface area contributed by atoms with E-state index in [-0.39, 0.29) is 0 Å². The van der Waals surface area contributed by atoms with Crippen LogP contribution >= 0.6 is 11.3 Å². The molecule has 0 amide bonds. The maximum absolute atomic E-state index is 4.52. The fraction of sp³-hybridized carbons (Fsp3) is 0.273. The van der Waals surface area contributed by atoms with E-state index in [1.807, 2.05) is 24.5 Å². The Hall–Kier alpha value is -1.22. The van der Waals surface area contributed by atoms with Gasteiger partial charge in [-0.25, -0.2) is 4.98 Å². The Labute approximate surface area is 87.7 Å². The smallest absolute Gasteiger partial charge is 0.0972 e. The average Bonchev–Trinajstić information content (AvgIpc) is 2.67. The third-order valence-electron chi connectivity index (χ3n) is 2.07. The van der Waals surface area contributed by atoms with E-state index in [0.717, 1.165) is 12.8 Å². The molecule has 0 spiro atoms. The van der Waals surface area contributed by atoms with Crippen molar-refractivity contribution in [2.75, 3.05) is 0 Å². The Morgan fingerprint density at radius 2 is 2.07 bits per heavy atom. The minimum absolute atomic E-state index is 0.924. The van der Waals surface area contributed by atoms with Crippen molar-refractivity contribution in [3.05, 3.63) is 46.2 Å². The zero-order valence-corrected chi connectivity index (χ0v) is 8.92. The summed E-state index contributed by atoms with van der Waals surface area (Å²) >= 11 is 1.74. The van der Waals surface area contributed by atoms with Gasteiger partial charge in [-0.1, -0.05) is 6.92 Å². The predicted octanol–water partition coefficient (Wildman–Crippen LogP) is 2.69. The molecule has 0 aliphatic rings. The van der Waals surface area contributed by atoms with Gasteiger partial charge >= 0.3 is 0 Å². The van der Waals surface area contributed by atoms with Gasteiger partial charge < -0.3 is 0 Å². The van der Waals surface area contributed by atoms with Gasteiger partial charge in [-0.2, -0.15) is 0 Å². The van der Waals surface area contributed by atoms with Gasteiger partial charge in [-0.3, -0.25) is 4.98 Å². The Morgan fingerprint density at radius 1 is 1.29 bits per heavy atom. The lowest BCUT2D eigenvalue weighted by Gasteiger charge is -1.95. The summed E-state index contributed by atoms with van der Waals surface area (Å²) in [4.78, 5) is 8.51. The first-order chi connectivity index (χ1) is 6.88. The van der Waals surface area contributed by atoms with E-state index < -0.39 is 0 Å². The molecule has 0 saturated heterocycles. The van der Waals surface area contributed by atoms with Gasteiger partial charge in [0.1, 0.15) is 0 Å². The van der Waals surface area contributed by atoms with Crippen LogP contribution in [0.1, 0.15) is 23.2 Å². The van der Waals surface area contributed by atoms with E-state index in [1.165, 1.54) is 16.3 Å². The molecule has 2 aromatic rings. The lowest BCUT2D eigenvalue weighted by Crippen LogP contribution is -1.88. The van der Waals surface area contributed by atoms with Gasteiger partial charge in [0.2, 0.25) is 0 Å². The van der Waals surface area contributed by atoms with Crippen LogP contribution < -0.4 is 0 Å². The van der Waals surface area contributed by atoms with E-state index >= 15 is 0 Å². The zero-order chi connectivity index (χ0) is 9.80. The van der Waals surface area contributed by atoms with Crippen molar-refractivity contribution in [3.8, 4) is 0 Å². The molecule has 0 fully saturated rings. The number of hydrogen-bond donors (Lipinski definition) is 0. The third-order valence-corrected chi connectivity index (χ3v) is 2.96. The highest BCUT2D eigenvalue weighted by molar-refractivity contribution is 7.09. The molecule has 0 unspecified atom stereocenters. The number of thiazole rings is 1. The van der Waals surface area contributed by atoms with Crippen LogP contribution in [0.4, 0.5) is 0 Å². The van der Waals surface area contributed by atoms with E-state index in [2.05, 4.69) is 22.3 Å². The molecule has 0 radical (unpaired) electrons. The summed E-state index contributed by atoms with van der Waals surface area (Å²) < 4.78 is 0. The Balaban J connectivity index is 2.11. The standard InChI is InChI=1S/C11H12N2S/c1-2-10-8-14-11(13-10)7-9-3-5-12-6-4-9/h3-6,8H,2,7H2,1H3. The van der Waals surface area contributed by atoms with Crippen molar-refractivity contribution < 1.29 is 0 Å². The summed E-state index contributed by atoms with van der Waals surface area (Å²) in [5.74, 6) is 0. The number of aryl methyl sites for hydroxylation is 1. The number of rotatable bonds is 3. The van der Waals surface area contributed by atoms with Crippen LogP contribution in [0.15, 0.2) is 29.9 Å². The minimum Gasteiger partial charge on any atom is -0.265 e. The molecule has 0 saturated carbocycles. The summed E-state index contributed by atoms with van der Waals surface area (Å²) in [6.45, 7) is 2.13. The molecular formula is C11H12N2S. The van der Waals surface area contributed by atoms with Crippen molar-refractivity contribution in [2.24, 2.45) is 0 Å². The molecule has 14 heavy (non-hydrogen) atoms. The third kappa shape index (κ3) is 2.17. The highest BCUT2D eigenvalue weighted by atomic mass is 32.1. The van der Waals surface area contributed by atoms with Crippen LogP contribution in [-0.4, -0.2) is 9.97 Å². The summed E-state index contributed by atoms with van der Waals surface area (Å²) in [5.41, 5.74) is 2.47. The number of aromatic nitrogens is 2. The Morgan fingerprint density at radius 3 is 2.71 bits per heavy atom. The first kappa shape index (κ1) is 9.34. The van der Waals surface area contributed by atoms with E-state index in [4.69, 9.17) is 0 Å². The Kier molecular flexibility index (Phi) is 2.89. The highest BCUT2D eigenvalue weighted by Crippen LogP contribution is 2.14. The monoisotopic (exact) mass is 204 g/mol. The van der Waals surface area contributed by atoms with Gasteiger partial charge in [-0.15, -0.1) is 11.3 Å². The summed E-state index contributed by atoms with van der Waals surface area (Å²) in [7, 11) is 0. The van der Waals surface area contributed by atoms with Gasteiger partial charge in [0.05, 0.1) is 10.7 Å². The topological polar surface area (TPSA) is 25.8 Å². The summed E-state index contributed by atoms with van der Waals surface area (Å²) in [6.07, 6.45) is 5.59. The molecule has 0 atom stereocenters. The maximum Gasteiger partial charge on any atom is 0.0972 e. The second kappa shape index (κ2) is 4.33. The lowest BCUT2D eigenvalue weighted by atomic mass is 10.2. The average molecular weight is 204 g/mol. The van der Waals surface area contributed by atoms with Crippen molar-refractivity contribution in [1.29, 1.82) is 0 Å². The van der Waals surface area contributed by atoms with Crippen molar-refractivity contribution in [1.82, 2.24) is 9.97 Å². The molecule has 0 aromatic carbocycles. The van der Waals surface area contributed by atoms with E-state index in [1.54, 1.807) is 11.3 Å². The van der Waals surface area contributed by atoms with Gasteiger partial charge in [0, 0.05) is 24.2 Å². The number of pyridine rings is 1. The summed E-state index contributed by atoms with van der Waals surface area (Å²) in [5, 5.41) is 3.32. The molecule has 2 nitrogen and oxygen atoms in total. The Bertz CT molecular complexity index is 395. The molecule has 2 aromatic heterocycles. The second-order valence-electron chi connectivity index (χ2n) is 3.12. The largest absolute Gasteiger partial charge is 0.265 e. The zero-order valence-electron chi connectivity index (χ0n) is 8.10. The molecule has 0 aliphatic carbocycles. The second-order valence-corrected chi connectivity index (χ2v) is 4.06. The van der Waals surface area contributed by atoms with Gasteiger partial charge in [0.15, 0.2) is 0 Å². The van der Waals surface area contributed by atoms with Crippen LogP contribution in [-0.2, 0) is 12.8 Å². The fourth-order valence-corrected chi connectivity index (χ4v) is 2.18. The normalized spacial score (nSPS) is 10.4. The molecule has 3 heteroatoms. The summed E-state index contributed by atoms with van der Waals surface area (Å²) in [6, 6.07) is 4.07. The number of nitrogens with zero attached hydrogens (tertiary/aromatic N) is 2. The fourth-order valence-electron chi connectivity index (χ4n) is 1.27. The number of hydrogen-bond acceptors (Lipinski definition) is 3. The molecule has 0 bridgehead atoms. The maximum atomic E-state index is 4.52. The molecule has 2 rings (SSSR count). The van der Waals surface area contributed by atoms with Crippen molar-refractivity contribution in [3.63, 3.8) is 0 Å². The molecule has 0 N–H and O–H groups in total. The van der Waals surface area contributed by atoms with Crippen LogP contribution in [0.25, 0.3) is 0 Å². The SMILES string of the molecule is CCc1csc(Cc2ccncc2)n1. The van der Waals surface area contributed by atoms with Crippen LogP contribution in [0.2, 0.25) is 0 Å². The first-order valence-corrected chi connectivity index (χ1v) is 5.58. The molecule has 72 valence electrons. The molecule has 2 heterocycles.